The van der Waals surface area contributed by atoms with E-state index in [0.717, 1.165) is 25.4 Å². The number of pyridine rings is 1. The summed E-state index contributed by atoms with van der Waals surface area (Å²) in [5, 5.41) is 0.656. The number of aromatic nitrogens is 1. The van der Waals surface area contributed by atoms with Crippen LogP contribution in [0.3, 0.4) is 0 Å². The smallest absolute Gasteiger partial charge is 0.251 e. The van der Waals surface area contributed by atoms with Crippen LogP contribution in [0.15, 0.2) is 17.3 Å². The predicted molar refractivity (Wildman–Crippen MR) is 75.7 cm³/mol. The Morgan fingerprint density at radius 1 is 1.44 bits per heavy atom. The highest BCUT2D eigenvalue weighted by Crippen LogP contribution is 2.21. The molecule has 6 heteroatoms. The van der Waals surface area contributed by atoms with E-state index in [2.05, 4.69) is 23.7 Å². The molecule has 0 spiro atoms. The summed E-state index contributed by atoms with van der Waals surface area (Å²) in [6, 6.07) is 1.58. The Bertz CT molecular complexity index is 407. The molecular weight excluding hydrogens is 248 g/mol. The van der Waals surface area contributed by atoms with Crippen LogP contribution in [-0.2, 0) is 0 Å². The monoisotopic (exact) mass is 268 g/mol. The SMILES string of the molecule is CCN(CC)CCSc1ncc(N)cc1C(N)=O. The Labute approximate surface area is 112 Å². The van der Waals surface area contributed by atoms with Crippen molar-refractivity contribution in [3.05, 3.63) is 17.8 Å². The number of hydrogen-bond acceptors (Lipinski definition) is 5. The van der Waals surface area contributed by atoms with Gasteiger partial charge in [-0.25, -0.2) is 4.98 Å². The van der Waals surface area contributed by atoms with E-state index in [9.17, 15) is 4.79 Å². The van der Waals surface area contributed by atoms with Crippen LogP contribution in [-0.4, -0.2) is 41.2 Å². The van der Waals surface area contributed by atoms with E-state index < -0.39 is 5.91 Å². The maximum Gasteiger partial charge on any atom is 0.251 e. The molecule has 0 radical (unpaired) electrons. The van der Waals surface area contributed by atoms with Gasteiger partial charge in [-0.05, 0) is 19.2 Å². The average molecular weight is 268 g/mol. The summed E-state index contributed by atoms with van der Waals surface area (Å²) in [6.07, 6.45) is 1.55. The first kappa shape index (κ1) is 14.8. The van der Waals surface area contributed by atoms with Gasteiger partial charge < -0.3 is 16.4 Å². The predicted octanol–water partition coefficient (Wildman–Crippen LogP) is 1.20. The quantitative estimate of drug-likeness (QED) is 0.726. The second-order valence-electron chi connectivity index (χ2n) is 3.86. The van der Waals surface area contributed by atoms with Crippen LogP contribution in [0.5, 0.6) is 0 Å². The number of hydrogen-bond donors (Lipinski definition) is 2. The lowest BCUT2D eigenvalue weighted by Crippen LogP contribution is -2.25. The number of carbonyl (C=O) groups is 1. The molecular formula is C12H20N4OS. The van der Waals surface area contributed by atoms with E-state index in [1.54, 1.807) is 12.3 Å². The molecule has 18 heavy (non-hydrogen) atoms. The topological polar surface area (TPSA) is 85.2 Å². The summed E-state index contributed by atoms with van der Waals surface area (Å²) >= 11 is 1.53. The summed E-state index contributed by atoms with van der Waals surface area (Å²) in [7, 11) is 0. The maximum absolute atomic E-state index is 11.3. The second kappa shape index (κ2) is 7.23. The Morgan fingerprint density at radius 2 is 2.11 bits per heavy atom. The summed E-state index contributed by atoms with van der Waals surface area (Å²) in [5.41, 5.74) is 11.8. The molecule has 5 nitrogen and oxygen atoms in total. The summed E-state index contributed by atoms with van der Waals surface area (Å²) < 4.78 is 0. The van der Waals surface area contributed by atoms with Crippen molar-refractivity contribution in [1.29, 1.82) is 0 Å². The number of primary amides is 1. The minimum atomic E-state index is -0.486. The Hall–Kier alpha value is -1.27. The van der Waals surface area contributed by atoms with Crippen LogP contribution in [0.1, 0.15) is 24.2 Å². The standard InChI is InChI=1S/C12H20N4OS/c1-3-16(4-2)5-6-18-12-10(11(14)17)7-9(13)8-15-12/h7-8H,3-6,13H2,1-2H3,(H2,14,17). The zero-order valence-corrected chi connectivity index (χ0v) is 11.7. The van der Waals surface area contributed by atoms with Crippen molar-refractivity contribution in [3.63, 3.8) is 0 Å². The van der Waals surface area contributed by atoms with Crippen molar-refractivity contribution < 1.29 is 4.79 Å². The number of nitrogens with zero attached hydrogens (tertiary/aromatic N) is 2. The van der Waals surface area contributed by atoms with E-state index in [1.165, 1.54) is 11.8 Å². The largest absolute Gasteiger partial charge is 0.397 e. The number of anilines is 1. The van der Waals surface area contributed by atoms with Crippen molar-refractivity contribution in [2.24, 2.45) is 5.73 Å². The molecule has 1 heterocycles. The second-order valence-corrected chi connectivity index (χ2v) is 4.94. The summed E-state index contributed by atoms with van der Waals surface area (Å²) in [6.45, 7) is 7.26. The summed E-state index contributed by atoms with van der Waals surface area (Å²) in [4.78, 5) is 17.8. The molecule has 0 aromatic carbocycles. The van der Waals surface area contributed by atoms with Crippen LogP contribution in [0, 0.1) is 0 Å². The minimum Gasteiger partial charge on any atom is -0.397 e. The first-order valence-electron chi connectivity index (χ1n) is 5.99. The molecule has 0 fully saturated rings. The van der Waals surface area contributed by atoms with Crippen LogP contribution in [0.25, 0.3) is 0 Å². The fourth-order valence-electron chi connectivity index (χ4n) is 1.57. The molecule has 0 saturated heterocycles. The van der Waals surface area contributed by atoms with Crippen molar-refractivity contribution in [3.8, 4) is 0 Å². The number of rotatable bonds is 7. The molecule has 1 rings (SSSR count). The maximum atomic E-state index is 11.3. The number of carbonyl (C=O) groups excluding carboxylic acids is 1. The lowest BCUT2D eigenvalue weighted by atomic mass is 10.2. The zero-order valence-electron chi connectivity index (χ0n) is 10.8. The van der Waals surface area contributed by atoms with Gasteiger partial charge in [-0.15, -0.1) is 11.8 Å². The van der Waals surface area contributed by atoms with E-state index in [-0.39, 0.29) is 0 Å². The third-order valence-electron chi connectivity index (χ3n) is 2.68. The van der Waals surface area contributed by atoms with Gasteiger partial charge in [-0.1, -0.05) is 13.8 Å². The van der Waals surface area contributed by atoms with Crippen LogP contribution in [0.4, 0.5) is 5.69 Å². The van der Waals surface area contributed by atoms with Gasteiger partial charge in [0.1, 0.15) is 5.03 Å². The molecule has 0 unspecified atom stereocenters. The fourth-order valence-corrected chi connectivity index (χ4v) is 2.56. The Balaban J connectivity index is 2.64. The number of nitrogen functional groups attached to an aromatic ring is 1. The first-order valence-corrected chi connectivity index (χ1v) is 6.97. The van der Waals surface area contributed by atoms with Crippen molar-refractivity contribution in [2.45, 2.75) is 18.9 Å². The van der Waals surface area contributed by atoms with Gasteiger partial charge in [-0.2, -0.15) is 0 Å². The zero-order chi connectivity index (χ0) is 13.5. The molecule has 0 atom stereocenters. The van der Waals surface area contributed by atoms with E-state index >= 15 is 0 Å². The molecule has 0 aliphatic rings. The highest BCUT2D eigenvalue weighted by atomic mass is 32.2. The van der Waals surface area contributed by atoms with Crippen molar-refractivity contribution in [2.75, 3.05) is 31.1 Å². The van der Waals surface area contributed by atoms with Crippen molar-refractivity contribution >= 4 is 23.4 Å². The molecule has 1 amide bonds. The minimum absolute atomic E-state index is 0.402. The average Bonchev–Trinajstić information content (AvgIpc) is 2.36. The lowest BCUT2D eigenvalue weighted by Gasteiger charge is -2.17. The van der Waals surface area contributed by atoms with E-state index in [0.29, 0.717) is 16.3 Å². The molecule has 4 N–H and O–H groups in total. The fraction of sp³-hybridized carbons (Fsp3) is 0.500. The van der Waals surface area contributed by atoms with Gasteiger partial charge in [0.15, 0.2) is 0 Å². The van der Waals surface area contributed by atoms with E-state index in [4.69, 9.17) is 11.5 Å². The molecule has 0 bridgehead atoms. The molecule has 0 aliphatic carbocycles. The van der Waals surface area contributed by atoms with E-state index in [1.807, 2.05) is 0 Å². The molecule has 0 aliphatic heterocycles. The lowest BCUT2D eigenvalue weighted by molar-refractivity contribution is 0.0997. The normalized spacial score (nSPS) is 10.8. The molecule has 0 saturated carbocycles. The Morgan fingerprint density at radius 3 is 2.67 bits per heavy atom. The van der Waals surface area contributed by atoms with Crippen molar-refractivity contribution in [1.82, 2.24) is 9.88 Å². The highest BCUT2D eigenvalue weighted by Gasteiger charge is 2.11. The van der Waals surface area contributed by atoms with Gasteiger partial charge in [0.2, 0.25) is 0 Å². The van der Waals surface area contributed by atoms with Gasteiger partial charge in [0, 0.05) is 12.3 Å². The van der Waals surface area contributed by atoms with Crippen LogP contribution >= 0.6 is 11.8 Å². The first-order chi connectivity index (χ1) is 8.58. The Kier molecular flexibility index (Phi) is 5.94. The third kappa shape index (κ3) is 4.19. The summed E-state index contributed by atoms with van der Waals surface area (Å²) in [5.74, 6) is 0.388. The molecule has 1 aromatic heterocycles. The van der Waals surface area contributed by atoms with Gasteiger partial charge >= 0.3 is 0 Å². The van der Waals surface area contributed by atoms with Gasteiger partial charge in [0.25, 0.3) is 5.91 Å². The van der Waals surface area contributed by atoms with Crippen LogP contribution in [0.2, 0.25) is 0 Å². The molecule has 100 valence electrons. The van der Waals surface area contributed by atoms with Crippen LogP contribution < -0.4 is 11.5 Å². The van der Waals surface area contributed by atoms with Gasteiger partial charge in [-0.3, -0.25) is 4.79 Å². The third-order valence-corrected chi connectivity index (χ3v) is 3.66. The van der Waals surface area contributed by atoms with Gasteiger partial charge in [0.05, 0.1) is 17.4 Å². The molecule has 1 aromatic rings. The number of thioether (sulfide) groups is 1. The number of amides is 1. The number of nitrogens with two attached hydrogens (primary N) is 2. The highest BCUT2D eigenvalue weighted by molar-refractivity contribution is 7.99.